The minimum Gasteiger partial charge on any atom is -0.497 e. The fraction of sp³-hybridized carbons (Fsp3) is 0.0625. The second-order valence-corrected chi connectivity index (χ2v) is 4.84. The lowest BCUT2D eigenvalue weighted by Crippen LogP contribution is -2.04. The van der Waals surface area contributed by atoms with Gasteiger partial charge in [0.1, 0.15) is 17.9 Å². The van der Waals surface area contributed by atoms with Gasteiger partial charge in [-0.05, 0) is 18.2 Å². The first kappa shape index (κ1) is 16.9. The number of carbonyl (C=O) groups is 1. The molecule has 0 radical (unpaired) electrons. The Morgan fingerprint density at radius 1 is 1.13 bits per heavy atom. The van der Waals surface area contributed by atoms with Gasteiger partial charge in [0.2, 0.25) is 0 Å². The SMILES string of the molecule is COc1ccc(NC(=CC=O)c2cc(F)c(F)cc2F)c(Cl)c1. The smallest absolute Gasteiger partial charge is 0.161 e. The Balaban J connectivity index is 2.43. The van der Waals surface area contributed by atoms with Crippen LogP contribution in [-0.2, 0) is 4.79 Å². The lowest BCUT2D eigenvalue weighted by molar-refractivity contribution is -0.104. The number of ether oxygens (including phenoxy) is 1. The topological polar surface area (TPSA) is 38.3 Å². The quantitative estimate of drug-likeness (QED) is 0.497. The Bertz CT molecular complexity index is 778. The molecule has 3 nitrogen and oxygen atoms in total. The standard InChI is InChI=1S/C16H11ClF3NO2/c1-23-9-2-3-16(11(17)6-9)21-15(4-5-22)10-7-13(19)14(20)8-12(10)18/h2-8,21H,1H3. The number of rotatable bonds is 5. The number of nitrogens with one attached hydrogen (secondary N) is 1. The van der Waals surface area contributed by atoms with E-state index in [0.717, 1.165) is 6.08 Å². The maximum atomic E-state index is 13.9. The van der Waals surface area contributed by atoms with Crippen molar-refractivity contribution >= 4 is 29.3 Å². The molecule has 0 amide bonds. The summed E-state index contributed by atoms with van der Waals surface area (Å²) in [5.74, 6) is -3.07. The zero-order valence-electron chi connectivity index (χ0n) is 11.9. The first-order valence-electron chi connectivity index (χ1n) is 6.37. The summed E-state index contributed by atoms with van der Waals surface area (Å²) >= 11 is 6.05. The highest BCUT2D eigenvalue weighted by Crippen LogP contribution is 2.30. The van der Waals surface area contributed by atoms with Gasteiger partial charge in [-0.3, -0.25) is 4.79 Å². The summed E-state index contributed by atoms with van der Waals surface area (Å²) in [6.07, 6.45) is 1.37. The normalized spacial score (nSPS) is 11.3. The molecule has 0 aliphatic heterocycles. The Labute approximate surface area is 135 Å². The fourth-order valence-electron chi connectivity index (χ4n) is 1.87. The van der Waals surface area contributed by atoms with Gasteiger partial charge in [-0.25, -0.2) is 13.2 Å². The van der Waals surface area contributed by atoms with Gasteiger partial charge in [0, 0.05) is 23.8 Å². The molecular weight excluding hydrogens is 331 g/mol. The summed E-state index contributed by atoms with van der Waals surface area (Å²) in [5, 5.41) is 2.96. The van der Waals surface area contributed by atoms with Gasteiger partial charge >= 0.3 is 0 Å². The number of aldehydes is 1. The third-order valence-corrected chi connectivity index (χ3v) is 3.29. The van der Waals surface area contributed by atoms with Crippen LogP contribution in [0.2, 0.25) is 5.02 Å². The van der Waals surface area contributed by atoms with Gasteiger partial charge in [0.05, 0.1) is 23.5 Å². The second-order valence-electron chi connectivity index (χ2n) is 4.43. The monoisotopic (exact) mass is 341 g/mol. The van der Waals surface area contributed by atoms with Crippen molar-refractivity contribution in [1.29, 1.82) is 0 Å². The van der Waals surface area contributed by atoms with Crippen LogP contribution in [0.25, 0.3) is 5.70 Å². The minimum absolute atomic E-state index is 0.0662. The highest BCUT2D eigenvalue weighted by atomic mass is 35.5. The van der Waals surface area contributed by atoms with Gasteiger partial charge in [0.15, 0.2) is 11.6 Å². The fourth-order valence-corrected chi connectivity index (χ4v) is 2.08. The number of methoxy groups -OCH3 is 1. The van der Waals surface area contributed by atoms with Crippen LogP contribution < -0.4 is 10.1 Å². The summed E-state index contributed by atoms with van der Waals surface area (Å²) in [6, 6.07) is 5.70. The van der Waals surface area contributed by atoms with Crippen LogP contribution in [0, 0.1) is 17.5 Å². The van der Waals surface area contributed by atoms with Crippen molar-refractivity contribution in [1.82, 2.24) is 0 Å². The number of carbonyl (C=O) groups excluding carboxylic acids is 1. The molecule has 0 bridgehead atoms. The van der Waals surface area contributed by atoms with E-state index in [4.69, 9.17) is 16.3 Å². The Morgan fingerprint density at radius 2 is 1.83 bits per heavy atom. The molecule has 0 fully saturated rings. The molecule has 0 atom stereocenters. The zero-order valence-corrected chi connectivity index (χ0v) is 12.6. The summed E-state index contributed by atoms with van der Waals surface area (Å²) in [6.45, 7) is 0. The molecule has 1 N–H and O–H groups in total. The molecule has 0 unspecified atom stereocenters. The van der Waals surface area contributed by atoms with Gasteiger partial charge in [-0.15, -0.1) is 0 Å². The van der Waals surface area contributed by atoms with E-state index in [0.29, 0.717) is 29.9 Å². The first-order valence-corrected chi connectivity index (χ1v) is 6.75. The highest BCUT2D eigenvalue weighted by Gasteiger charge is 2.15. The molecule has 0 aliphatic carbocycles. The molecule has 0 aliphatic rings. The largest absolute Gasteiger partial charge is 0.497 e. The molecule has 0 saturated carbocycles. The number of halogens is 4. The van der Waals surface area contributed by atoms with E-state index in [1.807, 2.05) is 0 Å². The van der Waals surface area contributed by atoms with E-state index >= 15 is 0 Å². The van der Waals surface area contributed by atoms with Gasteiger partial charge in [-0.1, -0.05) is 11.6 Å². The van der Waals surface area contributed by atoms with Crippen LogP contribution in [0.4, 0.5) is 18.9 Å². The van der Waals surface area contributed by atoms with E-state index < -0.39 is 17.5 Å². The number of hydrogen-bond donors (Lipinski definition) is 1. The molecule has 0 saturated heterocycles. The summed E-state index contributed by atoms with van der Waals surface area (Å²) < 4.78 is 45.2. The van der Waals surface area contributed by atoms with Crippen molar-refractivity contribution in [3.63, 3.8) is 0 Å². The summed E-state index contributed by atoms with van der Waals surface area (Å²) in [5.41, 5.74) is -0.0314. The molecule has 7 heteroatoms. The maximum Gasteiger partial charge on any atom is 0.161 e. The van der Waals surface area contributed by atoms with Crippen LogP contribution >= 0.6 is 11.6 Å². The van der Waals surface area contributed by atoms with Crippen molar-refractivity contribution in [2.75, 3.05) is 12.4 Å². The number of anilines is 1. The molecule has 120 valence electrons. The molecular formula is C16H11ClF3NO2. The number of allylic oxidation sites excluding steroid dienone is 1. The third-order valence-electron chi connectivity index (χ3n) is 2.98. The molecule has 0 aromatic heterocycles. The molecule has 2 rings (SSSR count). The number of hydrogen-bond acceptors (Lipinski definition) is 3. The molecule has 2 aromatic rings. The third kappa shape index (κ3) is 3.84. The predicted octanol–water partition coefficient (Wildman–Crippen LogP) is 4.42. The van der Waals surface area contributed by atoms with E-state index in [9.17, 15) is 18.0 Å². The molecule has 23 heavy (non-hydrogen) atoms. The van der Waals surface area contributed by atoms with Crippen molar-refractivity contribution in [3.05, 3.63) is 64.4 Å². The van der Waals surface area contributed by atoms with Crippen LogP contribution in [-0.4, -0.2) is 13.4 Å². The van der Waals surface area contributed by atoms with Crippen LogP contribution in [0.15, 0.2) is 36.4 Å². The predicted molar refractivity (Wildman–Crippen MR) is 82.0 cm³/mol. The van der Waals surface area contributed by atoms with Crippen LogP contribution in [0.3, 0.4) is 0 Å². The van der Waals surface area contributed by atoms with Gasteiger partial charge in [0.25, 0.3) is 0 Å². The average molecular weight is 342 g/mol. The van der Waals surface area contributed by atoms with Crippen LogP contribution in [0.1, 0.15) is 5.56 Å². The Morgan fingerprint density at radius 3 is 2.43 bits per heavy atom. The average Bonchev–Trinajstić information content (AvgIpc) is 2.52. The van der Waals surface area contributed by atoms with Crippen LogP contribution in [0.5, 0.6) is 5.75 Å². The maximum absolute atomic E-state index is 13.9. The van der Waals surface area contributed by atoms with Crippen molar-refractivity contribution in [2.45, 2.75) is 0 Å². The Hall–Kier alpha value is -2.47. The lowest BCUT2D eigenvalue weighted by Gasteiger charge is -2.14. The van der Waals surface area contributed by atoms with E-state index in [1.165, 1.54) is 19.2 Å². The van der Waals surface area contributed by atoms with E-state index in [-0.39, 0.29) is 16.3 Å². The van der Waals surface area contributed by atoms with Crippen molar-refractivity contribution in [2.24, 2.45) is 0 Å². The van der Waals surface area contributed by atoms with Crippen molar-refractivity contribution < 1.29 is 22.7 Å². The number of benzene rings is 2. The summed E-state index contributed by atoms with van der Waals surface area (Å²) in [4.78, 5) is 10.8. The Kier molecular flexibility index (Phi) is 5.28. The highest BCUT2D eigenvalue weighted by molar-refractivity contribution is 6.33. The molecule has 0 heterocycles. The first-order chi connectivity index (χ1) is 11.0. The van der Waals surface area contributed by atoms with E-state index in [1.54, 1.807) is 6.07 Å². The van der Waals surface area contributed by atoms with E-state index in [2.05, 4.69) is 5.32 Å². The van der Waals surface area contributed by atoms with Gasteiger partial charge < -0.3 is 10.1 Å². The zero-order chi connectivity index (χ0) is 17.0. The summed E-state index contributed by atoms with van der Waals surface area (Å²) in [7, 11) is 1.47. The molecule has 2 aromatic carbocycles. The molecule has 0 spiro atoms. The second kappa shape index (κ2) is 7.19. The lowest BCUT2D eigenvalue weighted by atomic mass is 10.1. The minimum atomic E-state index is -1.32. The van der Waals surface area contributed by atoms with Gasteiger partial charge in [-0.2, -0.15) is 0 Å². The van der Waals surface area contributed by atoms with Crippen molar-refractivity contribution in [3.8, 4) is 5.75 Å².